The van der Waals surface area contributed by atoms with Crippen molar-refractivity contribution in [2.45, 2.75) is 0 Å². The van der Waals surface area contributed by atoms with Crippen LogP contribution in [0.3, 0.4) is 0 Å². The minimum absolute atomic E-state index is 0.0287. The highest BCUT2D eigenvalue weighted by Gasteiger charge is 2.04. The maximum Gasteiger partial charge on any atom is 0.182 e. The van der Waals surface area contributed by atoms with E-state index in [2.05, 4.69) is 5.92 Å². The summed E-state index contributed by atoms with van der Waals surface area (Å²) in [6.45, 7) is 0.0287. The van der Waals surface area contributed by atoms with Crippen LogP contribution < -0.4 is 14.2 Å². The van der Waals surface area contributed by atoms with E-state index >= 15 is 0 Å². The average Bonchev–Trinajstić information content (AvgIpc) is 2.85. The standard InChI is InChI=1S/C24H22O6/c1-4-13-30-22-12-8-18(15-24(22)29-3)6-10-20(26)16-19(25)9-5-17-7-11-21(27)23(14-17)28-2/h1,5-12,14-16,26-27H,13H2,2-3H3/b9-5+,10-6+,20-16-/i5D,9D,10D,16D. The van der Waals surface area contributed by atoms with Gasteiger partial charge >= 0.3 is 0 Å². The highest BCUT2D eigenvalue weighted by molar-refractivity contribution is 6.02. The number of phenols is 1. The third-order valence-corrected chi connectivity index (χ3v) is 3.61. The number of aliphatic hydroxyl groups excluding tert-OH is 1. The van der Waals surface area contributed by atoms with Crippen molar-refractivity contribution in [2.75, 3.05) is 20.8 Å². The lowest BCUT2D eigenvalue weighted by atomic mass is 10.1. The summed E-state index contributed by atoms with van der Waals surface area (Å²) in [5, 5.41) is 19.9. The molecule has 2 aromatic rings. The van der Waals surface area contributed by atoms with E-state index in [4.69, 9.17) is 26.1 Å². The van der Waals surface area contributed by atoms with Gasteiger partial charge in [-0.3, -0.25) is 4.79 Å². The van der Waals surface area contributed by atoms with Crippen molar-refractivity contribution in [2.24, 2.45) is 0 Å². The van der Waals surface area contributed by atoms with Gasteiger partial charge in [0, 0.05) is 6.05 Å². The van der Waals surface area contributed by atoms with E-state index in [1.165, 1.54) is 44.6 Å². The number of carbonyl (C=O) groups excluding carboxylic acids is 1. The van der Waals surface area contributed by atoms with Crippen LogP contribution in [0.15, 0.2) is 60.3 Å². The average molecular weight is 410 g/mol. The molecule has 0 unspecified atom stereocenters. The molecule has 0 saturated carbocycles. The molecule has 2 rings (SSSR count). The molecule has 6 nitrogen and oxygen atoms in total. The fourth-order valence-electron chi connectivity index (χ4n) is 2.22. The number of benzene rings is 2. The number of terminal acetylenes is 1. The molecular weight excluding hydrogens is 384 g/mol. The SMILES string of the molecule is [2H]/C(C(=O)/C([2H])=C(\[2H])c1ccc(O)c(OC)c1)=C(O)\C([2H])=C\c1ccc(OCC#C)c(OC)c1. The predicted molar refractivity (Wildman–Crippen MR) is 116 cm³/mol. The number of aromatic hydroxyl groups is 1. The Morgan fingerprint density at radius 3 is 2.50 bits per heavy atom. The molecule has 0 amide bonds. The van der Waals surface area contributed by atoms with E-state index in [9.17, 15) is 15.0 Å². The van der Waals surface area contributed by atoms with Gasteiger partial charge in [-0.2, -0.15) is 0 Å². The van der Waals surface area contributed by atoms with Crippen molar-refractivity contribution in [3.8, 4) is 35.3 Å². The molecule has 30 heavy (non-hydrogen) atoms. The molecule has 0 aliphatic rings. The zero-order chi connectivity index (χ0) is 25.4. The first-order valence-electron chi connectivity index (χ1n) is 10.6. The highest BCUT2D eigenvalue weighted by Crippen LogP contribution is 2.29. The quantitative estimate of drug-likeness (QED) is 0.279. The normalized spacial score (nSPS) is 14.6. The molecular formula is C24H22O6. The molecule has 2 N–H and O–H groups in total. The Hall–Kier alpha value is -4.11. The number of allylic oxidation sites excluding steroid dienone is 3. The molecule has 2 aromatic carbocycles. The summed E-state index contributed by atoms with van der Waals surface area (Å²) in [6.07, 6.45) is 6.35. The van der Waals surface area contributed by atoms with E-state index < -0.39 is 35.8 Å². The van der Waals surface area contributed by atoms with Crippen LogP contribution in [0, 0.1) is 12.3 Å². The zero-order valence-corrected chi connectivity index (χ0v) is 16.4. The lowest BCUT2D eigenvalue weighted by molar-refractivity contribution is -0.110. The van der Waals surface area contributed by atoms with Gasteiger partial charge in [0.25, 0.3) is 0 Å². The molecule has 0 spiro atoms. The Morgan fingerprint density at radius 1 is 1.10 bits per heavy atom. The molecule has 0 aromatic heterocycles. The van der Waals surface area contributed by atoms with Gasteiger partial charge in [0.1, 0.15) is 12.4 Å². The van der Waals surface area contributed by atoms with Gasteiger partial charge in [0.2, 0.25) is 0 Å². The summed E-state index contributed by atoms with van der Waals surface area (Å²) < 4.78 is 47.5. The van der Waals surface area contributed by atoms with Crippen molar-refractivity contribution in [1.82, 2.24) is 0 Å². The van der Waals surface area contributed by atoms with E-state index in [1.54, 1.807) is 12.1 Å². The van der Waals surface area contributed by atoms with E-state index in [-0.39, 0.29) is 23.7 Å². The van der Waals surface area contributed by atoms with Gasteiger partial charge in [-0.05, 0) is 47.5 Å². The molecule has 154 valence electrons. The second-order valence-corrected chi connectivity index (χ2v) is 5.63. The molecule has 0 saturated heterocycles. The largest absolute Gasteiger partial charge is 0.508 e. The van der Waals surface area contributed by atoms with Crippen molar-refractivity contribution in [3.63, 3.8) is 0 Å². The summed E-state index contributed by atoms with van der Waals surface area (Å²) in [5.41, 5.74) is 0.488. The Bertz CT molecular complexity index is 1220. The monoisotopic (exact) mass is 410 g/mol. The van der Waals surface area contributed by atoms with Gasteiger partial charge in [0.05, 0.1) is 19.7 Å². The Labute approximate surface area is 181 Å². The fourth-order valence-corrected chi connectivity index (χ4v) is 2.22. The van der Waals surface area contributed by atoms with E-state index in [0.29, 0.717) is 17.1 Å². The number of aliphatic hydroxyl groups is 1. The summed E-state index contributed by atoms with van der Waals surface area (Å²) in [5.74, 6) is 0.634. The van der Waals surface area contributed by atoms with Crippen molar-refractivity contribution < 1.29 is 34.7 Å². The number of carbonyl (C=O) groups is 1. The van der Waals surface area contributed by atoms with Gasteiger partial charge < -0.3 is 24.4 Å². The lowest BCUT2D eigenvalue weighted by Gasteiger charge is -2.09. The molecule has 0 aliphatic heterocycles. The predicted octanol–water partition coefficient (Wildman–Crippen LogP) is 4.16. The van der Waals surface area contributed by atoms with Crippen molar-refractivity contribution in [3.05, 3.63) is 71.4 Å². The topological polar surface area (TPSA) is 85.2 Å². The fraction of sp³-hybridized carbons (Fsp3) is 0.125. The van der Waals surface area contributed by atoms with Crippen LogP contribution in [0.4, 0.5) is 0 Å². The van der Waals surface area contributed by atoms with Crippen molar-refractivity contribution >= 4 is 17.9 Å². The molecule has 0 aliphatic carbocycles. The van der Waals surface area contributed by atoms with Gasteiger partial charge in [-0.15, -0.1) is 6.42 Å². The van der Waals surface area contributed by atoms with E-state index in [1.807, 2.05) is 0 Å². The molecule has 0 fully saturated rings. The zero-order valence-electron chi connectivity index (χ0n) is 20.4. The number of methoxy groups -OCH3 is 2. The molecule has 6 heteroatoms. The third-order valence-electron chi connectivity index (χ3n) is 3.61. The first kappa shape index (κ1) is 16.8. The number of ether oxygens (including phenoxy) is 3. The Balaban J connectivity index is 2.36. The van der Waals surface area contributed by atoms with Crippen molar-refractivity contribution in [1.29, 1.82) is 0 Å². The van der Waals surface area contributed by atoms with Gasteiger partial charge in [-0.25, -0.2) is 0 Å². The Morgan fingerprint density at radius 2 is 1.80 bits per heavy atom. The van der Waals surface area contributed by atoms with Crippen LogP contribution in [-0.2, 0) is 4.79 Å². The minimum Gasteiger partial charge on any atom is -0.508 e. The molecule has 0 heterocycles. The number of ketones is 1. The minimum atomic E-state index is -1.26. The second-order valence-electron chi connectivity index (χ2n) is 5.63. The number of hydrogen-bond acceptors (Lipinski definition) is 6. The number of rotatable bonds is 9. The third kappa shape index (κ3) is 6.50. The molecule has 0 radical (unpaired) electrons. The lowest BCUT2D eigenvalue weighted by Crippen LogP contribution is -1.96. The second kappa shape index (κ2) is 11.0. The van der Waals surface area contributed by atoms with Crippen LogP contribution >= 0.6 is 0 Å². The molecule has 0 atom stereocenters. The van der Waals surface area contributed by atoms with Crippen LogP contribution in [-0.4, -0.2) is 36.8 Å². The summed E-state index contributed by atoms with van der Waals surface area (Å²) in [4.78, 5) is 12.5. The van der Waals surface area contributed by atoms with Crippen LogP contribution in [0.1, 0.15) is 16.6 Å². The number of hydrogen-bond donors (Lipinski definition) is 2. The first-order valence-corrected chi connectivity index (χ1v) is 8.56. The van der Waals surface area contributed by atoms with Gasteiger partial charge in [0.15, 0.2) is 28.8 Å². The van der Waals surface area contributed by atoms with Crippen LogP contribution in [0.2, 0.25) is 0 Å². The smallest absolute Gasteiger partial charge is 0.182 e. The van der Waals surface area contributed by atoms with Gasteiger partial charge in [-0.1, -0.05) is 30.2 Å². The van der Waals surface area contributed by atoms with E-state index in [0.717, 1.165) is 0 Å². The van der Waals surface area contributed by atoms with Crippen LogP contribution in [0.25, 0.3) is 12.1 Å². The highest BCUT2D eigenvalue weighted by atomic mass is 16.5. The molecule has 0 bridgehead atoms. The summed E-state index contributed by atoms with van der Waals surface area (Å²) >= 11 is 0. The first-order chi connectivity index (χ1) is 16.1. The summed E-state index contributed by atoms with van der Waals surface area (Å²) in [6, 6.07) is 5.38. The maximum absolute atomic E-state index is 12.5. The number of phenolic OH excluding ortho intramolecular Hbond substituents is 1. The maximum atomic E-state index is 12.5. The Kier molecular flexibility index (Phi) is 6.18. The summed E-state index contributed by atoms with van der Waals surface area (Å²) in [7, 11) is 2.71. The van der Waals surface area contributed by atoms with Crippen LogP contribution in [0.5, 0.6) is 23.0 Å².